The van der Waals surface area contributed by atoms with E-state index in [9.17, 15) is 4.79 Å². The van der Waals surface area contributed by atoms with E-state index in [0.717, 1.165) is 12.0 Å². The number of hydrogen-bond acceptors (Lipinski definition) is 4. The molecule has 0 aromatic heterocycles. The van der Waals surface area contributed by atoms with Crippen molar-refractivity contribution in [2.24, 2.45) is 0 Å². The Morgan fingerprint density at radius 2 is 1.81 bits per heavy atom. The van der Waals surface area contributed by atoms with Crippen LogP contribution in [0.1, 0.15) is 36.1 Å². The van der Waals surface area contributed by atoms with E-state index in [1.807, 2.05) is 13.0 Å². The molecule has 2 aromatic carbocycles. The molecule has 0 aliphatic carbocycles. The van der Waals surface area contributed by atoms with Crippen molar-refractivity contribution in [3.8, 4) is 11.5 Å². The summed E-state index contributed by atoms with van der Waals surface area (Å²) in [5, 5.41) is 6.58. The lowest BCUT2D eigenvalue weighted by molar-refractivity contribution is -0.120. The monoisotopic (exact) mass is 388 g/mol. The minimum Gasteiger partial charge on any atom is -0.490 e. The van der Waals surface area contributed by atoms with Crippen molar-refractivity contribution >= 4 is 23.2 Å². The smallest absolute Gasteiger partial charge is 0.239 e. The van der Waals surface area contributed by atoms with Crippen LogP contribution in [0.5, 0.6) is 11.5 Å². The van der Waals surface area contributed by atoms with Crippen LogP contribution in [0.3, 0.4) is 0 Å². The van der Waals surface area contributed by atoms with Gasteiger partial charge in [0.05, 0.1) is 36.5 Å². The van der Waals surface area contributed by atoms with E-state index in [1.165, 1.54) is 11.1 Å². The van der Waals surface area contributed by atoms with Crippen molar-refractivity contribution in [1.29, 1.82) is 0 Å². The molecule has 0 spiro atoms. The van der Waals surface area contributed by atoms with Gasteiger partial charge >= 0.3 is 0 Å². The average molecular weight is 389 g/mol. The van der Waals surface area contributed by atoms with Gasteiger partial charge in [0.2, 0.25) is 5.91 Å². The number of carbonyl (C=O) groups is 1. The number of anilines is 1. The summed E-state index contributed by atoms with van der Waals surface area (Å²) in [5.74, 6) is 1.17. The highest BCUT2D eigenvalue weighted by molar-refractivity contribution is 6.33. The van der Waals surface area contributed by atoms with Crippen LogP contribution in [-0.2, 0) is 4.79 Å². The van der Waals surface area contributed by atoms with Crippen molar-refractivity contribution in [3.63, 3.8) is 0 Å². The van der Waals surface area contributed by atoms with Gasteiger partial charge in [0.15, 0.2) is 11.5 Å². The number of ether oxygens (including phenoxy) is 2. The first-order chi connectivity index (χ1) is 12.9. The number of hydrogen-bond donors (Lipinski definition) is 2. The van der Waals surface area contributed by atoms with Gasteiger partial charge in [-0.05, 0) is 37.5 Å². The molecule has 5 nitrogen and oxygen atoms in total. The summed E-state index contributed by atoms with van der Waals surface area (Å²) in [4.78, 5) is 12.3. The Morgan fingerprint density at radius 1 is 1.11 bits per heavy atom. The predicted octanol–water partition coefficient (Wildman–Crippen LogP) is 4.41. The lowest BCUT2D eigenvalue weighted by Crippen LogP contribution is -2.32. The number of halogens is 1. The van der Waals surface area contributed by atoms with Crippen LogP contribution in [0.15, 0.2) is 30.3 Å². The third kappa shape index (κ3) is 4.86. The van der Waals surface area contributed by atoms with Crippen molar-refractivity contribution in [3.05, 3.63) is 52.0 Å². The van der Waals surface area contributed by atoms with Crippen molar-refractivity contribution in [2.45, 2.75) is 33.2 Å². The molecule has 2 aromatic rings. The van der Waals surface area contributed by atoms with E-state index in [4.69, 9.17) is 21.1 Å². The summed E-state index contributed by atoms with van der Waals surface area (Å²) in [6.45, 7) is 7.44. The highest BCUT2D eigenvalue weighted by Gasteiger charge is 2.15. The molecule has 6 heteroatoms. The van der Waals surface area contributed by atoms with Gasteiger partial charge in [-0.1, -0.05) is 29.8 Å². The summed E-state index contributed by atoms with van der Waals surface area (Å²) in [6.07, 6.45) is 0.827. The second kappa shape index (κ2) is 8.53. The van der Waals surface area contributed by atoms with E-state index in [2.05, 4.69) is 36.6 Å². The molecule has 1 heterocycles. The average Bonchev–Trinajstić information content (AvgIpc) is 2.86. The van der Waals surface area contributed by atoms with Crippen molar-refractivity contribution in [2.75, 3.05) is 25.1 Å². The number of amides is 1. The lowest BCUT2D eigenvalue weighted by atomic mass is 10.0. The number of fused-ring (bicyclic) bond motifs is 1. The maximum absolute atomic E-state index is 12.3. The topological polar surface area (TPSA) is 59.6 Å². The molecule has 27 heavy (non-hydrogen) atoms. The predicted molar refractivity (Wildman–Crippen MR) is 108 cm³/mol. The molecule has 0 saturated heterocycles. The third-order valence-electron chi connectivity index (χ3n) is 4.69. The van der Waals surface area contributed by atoms with E-state index >= 15 is 0 Å². The fraction of sp³-hybridized carbons (Fsp3) is 0.381. The maximum atomic E-state index is 12.3. The summed E-state index contributed by atoms with van der Waals surface area (Å²) in [7, 11) is 0. The highest BCUT2D eigenvalue weighted by Crippen LogP contribution is 2.37. The Bertz CT molecular complexity index is 838. The van der Waals surface area contributed by atoms with E-state index in [-0.39, 0.29) is 18.5 Å². The number of benzene rings is 2. The van der Waals surface area contributed by atoms with Gasteiger partial charge in [0, 0.05) is 18.6 Å². The molecule has 0 fully saturated rings. The highest BCUT2D eigenvalue weighted by atomic mass is 35.5. The fourth-order valence-corrected chi connectivity index (χ4v) is 3.13. The molecule has 1 amide bonds. The zero-order valence-electron chi connectivity index (χ0n) is 15.9. The molecule has 2 N–H and O–H groups in total. The fourth-order valence-electron chi connectivity index (χ4n) is 2.90. The van der Waals surface area contributed by atoms with Crippen LogP contribution in [0.2, 0.25) is 5.02 Å². The molecule has 1 unspecified atom stereocenters. The third-order valence-corrected chi connectivity index (χ3v) is 5.00. The Labute approximate surface area is 165 Å². The quantitative estimate of drug-likeness (QED) is 0.796. The number of nitrogens with one attached hydrogen (secondary N) is 2. The van der Waals surface area contributed by atoms with Crippen molar-refractivity contribution in [1.82, 2.24) is 5.32 Å². The molecular formula is C21H25ClN2O3. The Kier molecular flexibility index (Phi) is 6.11. The Hall–Kier alpha value is -2.40. The molecule has 3 rings (SSSR count). The first kappa shape index (κ1) is 19.4. The summed E-state index contributed by atoms with van der Waals surface area (Å²) < 4.78 is 11.3. The van der Waals surface area contributed by atoms with Gasteiger partial charge in [0.1, 0.15) is 0 Å². The second-order valence-electron chi connectivity index (χ2n) is 6.82. The van der Waals surface area contributed by atoms with Gasteiger partial charge in [0.25, 0.3) is 0 Å². The van der Waals surface area contributed by atoms with Crippen LogP contribution in [0.4, 0.5) is 5.69 Å². The molecule has 0 saturated carbocycles. The first-order valence-electron chi connectivity index (χ1n) is 9.13. The summed E-state index contributed by atoms with van der Waals surface area (Å²) >= 11 is 6.30. The van der Waals surface area contributed by atoms with E-state index in [1.54, 1.807) is 12.1 Å². The number of rotatable bonds is 5. The normalized spacial score (nSPS) is 14.2. The summed E-state index contributed by atoms with van der Waals surface area (Å²) in [6, 6.07) is 9.65. The zero-order chi connectivity index (χ0) is 19.4. The molecule has 144 valence electrons. The molecule has 0 radical (unpaired) electrons. The zero-order valence-corrected chi connectivity index (χ0v) is 16.7. The number of carbonyl (C=O) groups excluding carboxylic acids is 1. The largest absolute Gasteiger partial charge is 0.490 e. The van der Waals surface area contributed by atoms with Gasteiger partial charge < -0.3 is 20.1 Å². The van der Waals surface area contributed by atoms with Crippen LogP contribution in [-0.4, -0.2) is 25.7 Å². The second-order valence-corrected chi connectivity index (χ2v) is 7.22. The lowest BCUT2D eigenvalue weighted by Gasteiger charge is -2.17. The van der Waals surface area contributed by atoms with Crippen LogP contribution in [0, 0.1) is 13.8 Å². The molecule has 1 atom stereocenters. The molecule has 1 aliphatic heterocycles. The molecular weight excluding hydrogens is 364 g/mol. The Morgan fingerprint density at radius 3 is 2.52 bits per heavy atom. The minimum atomic E-state index is -0.107. The Balaban J connectivity index is 1.60. The van der Waals surface area contributed by atoms with Gasteiger partial charge in [-0.3, -0.25) is 4.79 Å². The van der Waals surface area contributed by atoms with E-state index in [0.29, 0.717) is 35.4 Å². The maximum Gasteiger partial charge on any atom is 0.239 e. The van der Waals surface area contributed by atoms with Crippen LogP contribution < -0.4 is 20.1 Å². The standard InChI is InChI=1S/C21H25ClN2O3/c1-13-5-6-16(9-14(13)2)15(3)24-21(25)12-23-18-11-20-19(10-17(18)22)26-7-4-8-27-20/h5-6,9-11,15,23H,4,7-8,12H2,1-3H3,(H,24,25). The number of aryl methyl sites for hydroxylation is 2. The summed E-state index contributed by atoms with van der Waals surface area (Å²) in [5.41, 5.74) is 4.18. The van der Waals surface area contributed by atoms with Gasteiger partial charge in [-0.15, -0.1) is 0 Å². The van der Waals surface area contributed by atoms with Crippen LogP contribution in [0.25, 0.3) is 0 Å². The SMILES string of the molecule is Cc1ccc(C(C)NC(=O)CNc2cc3c(cc2Cl)OCCCO3)cc1C. The molecule has 0 bridgehead atoms. The molecule has 1 aliphatic rings. The van der Waals surface area contributed by atoms with E-state index < -0.39 is 0 Å². The minimum absolute atomic E-state index is 0.0714. The van der Waals surface area contributed by atoms with Gasteiger partial charge in [-0.2, -0.15) is 0 Å². The van der Waals surface area contributed by atoms with Gasteiger partial charge in [-0.25, -0.2) is 0 Å². The van der Waals surface area contributed by atoms with Crippen LogP contribution >= 0.6 is 11.6 Å². The van der Waals surface area contributed by atoms with Crippen molar-refractivity contribution < 1.29 is 14.3 Å². The first-order valence-corrected chi connectivity index (χ1v) is 9.51.